The summed E-state index contributed by atoms with van der Waals surface area (Å²) in [5, 5.41) is 5.99. The first-order chi connectivity index (χ1) is 8.39. The average Bonchev–Trinajstić information content (AvgIpc) is 2.36. The van der Waals surface area contributed by atoms with E-state index < -0.39 is 0 Å². The number of carbonyl (C=O) groups excluding carboxylic acids is 1. The number of nitrogens with one attached hydrogen (secondary N) is 2. The van der Waals surface area contributed by atoms with Crippen molar-refractivity contribution in [2.45, 2.75) is 34.1 Å². The lowest BCUT2D eigenvalue weighted by atomic mass is 9.90. The lowest BCUT2D eigenvalue weighted by molar-refractivity contribution is 0.0936. The van der Waals surface area contributed by atoms with Gasteiger partial charge in [-0.25, -0.2) is 0 Å². The van der Waals surface area contributed by atoms with Crippen LogP contribution in [0.5, 0.6) is 0 Å². The van der Waals surface area contributed by atoms with Crippen LogP contribution in [0.3, 0.4) is 0 Å². The van der Waals surface area contributed by atoms with Gasteiger partial charge in [0.2, 0.25) is 0 Å². The van der Waals surface area contributed by atoms with Crippen LogP contribution in [0.25, 0.3) is 0 Å². The number of rotatable bonds is 5. The standard InChI is InChI=1S/C14H23N3O/c1-6-14(3,4)9-17-13(18)11-8-16-10(2)7-12(11)15-5/h7-8H,6,9H2,1-5H3,(H,15,16)(H,17,18). The lowest BCUT2D eigenvalue weighted by Crippen LogP contribution is -2.34. The molecule has 0 bridgehead atoms. The molecule has 1 amide bonds. The Morgan fingerprint density at radius 3 is 2.67 bits per heavy atom. The van der Waals surface area contributed by atoms with Crippen molar-refractivity contribution in [1.29, 1.82) is 0 Å². The summed E-state index contributed by atoms with van der Waals surface area (Å²) in [4.78, 5) is 16.3. The van der Waals surface area contributed by atoms with E-state index in [1.807, 2.05) is 20.0 Å². The maximum Gasteiger partial charge on any atom is 0.254 e. The van der Waals surface area contributed by atoms with Gasteiger partial charge in [-0.15, -0.1) is 0 Å². The Bertz CT molecular complexity index is 427. The Hall–Kier alpha value is -1.58. The number of nitrogens with zero attached hydrogens (tertiary/aromatic N) is 1. The number of aryl methyl sites for hydroxylation is 1. The van der Waals surface area contributed by atoms with Crippen LogP contribution in [-0.4, -0.2) is 24.5 Å². The second kappa shape index (κ2) is 5.85. The molecule has 0 aliphatic heterocycles. The third-order valence-corrected chi connectivity index (χ3v) is 3.24. The van der Waals surface area contributed by atoms with Crippen LogP contribution < -0.4 is 10.6 Å². The predicted molar refractivity (Wildman–Crippen MR) is 74.9 cm³/mol. The molecule has 0 saturated heterocycles. The third kappa shape index (κ3) is 3.72. The molecule has 0 fully saturated rings. The Morgan fingerprint density at radius 2 is 2.11 bits per heavy atom. The van der Waals surface area contributed by atoms with Gasteiger partial charge in [0.05, 0.1) is 11.3 Å². The van der Waals surface area contributed by atoms with E-state index in [-0.39, 0.29) is 11.3 Å². The van der Waals surface area contributed by atoms with Crippen LogP contribution in [0.4, 0.5) is 5.69 Å². The molecular formula is C14H23N3O. The molecule has 0 unspecified atom stereocenters. The summed E-state index contributed by atoms with van der Waals surface area (Å²) in [7, 11) is 1.81. The van der Waals surface area contributed by atoms with E-state index >= 15 is 0 Å². The summed E-state index contributed by atoms with van der Waals surface area (Å²) in [5.41, 5.74) is 2.42. The largest absolute Gasteiger partial charge is 0.387 e. The average molecular weight is 249 g/mol. The summed E-state index contributed by atoms with van der Waals surface area (Å²) in [6.07, 6.45) is 2.65. The molecule has 0 atom stereocenters. The highest BCUT2D eigenvalue weighted by Gasteiger charge is 2.18. The fourth-order valence-electron chi connectivity index (χ4n) is 1.49. The molecule has 1 aromatic heterocycles. The van der Waals surface area contributed by atoms with Crippen LogP contribution in [0.1, 0.15) is 43.2 Å². The number of hydrogen-bond donors (Lipinski definition) is 2. The van der Waals surface area contributed by atoms with Gasteiger partial charge in [0.15, 0.2) is 0 Å². The number of carbonyl (C=O) groups is 1. The number of anilines is 1. The molecule has 100 valence electrons. The number of aromatic nitrogens is 1. The number of hydrogen-bond acceptors (Lipinski definition) is 3. The molecule has 0 saturated carbocycles. The van der Waals surface area contributed by atoms with E-state index in [0.29, 0.717) is 12.1 Å². The highest BCUT2D eigenvalue weighted by atomic mass is 16.1. The van der Waals surface area contributed by atoms with Crippen molar-refractivity contribution < 1.29 is 4.79 Å². The van der Waals surface area contributed by atoms with Crippen LogP contribution >= 0.6 is 0 Å². The van der Waals surface area contributed by atoms with Gasteiger partial charge in [-0.3, -0.25) is 9.78 Å². The highest BCUT2D eigenvalue weighted by molar-refractivity contribution is 5.99. The zero-order valence-corrected chi connectivity index (χ0v) is 11.9. The number of pyridine rings is 1. The van der Waals surface area contributed by atoms with Gasteiger partial charge in [-0.05, 0) is 24.8 Å². The van der Waals surface area contributed by atoms with Crippen molar-refractivity contribution in [3.63, 3.8) is 0 Å². The summed E-state index contributed by atoms with van der Waals surface area (Å²) < 4.78 is 0. The van der Waals surface area contributed by atoms with Gasteiger partial charge in [0.1, 0.15) is 0 Å². The third-order valence-electron chi connectivity index (χ3n) is 3.24. The molecule has 4 nitrogen and oxygen atoms in total. The van der Waals surface area contributed by atoms with Crippen molar-refractivity contribution >= 4 is 11.6 Å². The van der Waals surface area contributed by atoms with Crippen molar-refractivity contribution in [3.05, 3.63) is 23.5 Å². The zero-order valence-electron chi connectivity index (χ0n) is 11.9. The van der Waals surface area contributed by atoms with Gasteiger partial charge in [0.25, 0.3) is 5.91 Å². The molecule has 0 aliphatic rings. The van der Waals surface area contributed by atoms with Crippen molar-refractivity contribution in [3.8, 4) is 0 Å². The van der Waals surface area contributed by atoms with Gasteiger partial charge in [0, 0.05) is 25.5 Å². The minimum absolute atomic E-state index is 0.0756. The Labute approximate surface area is 109 Å². The normalized spacial score (nSPS) is 11.2. The Morgan fingerprint density at radius 1 is 1.44 bits per heavy atom. The van der Waals surface area contributed by atoms with Crippen LogP contribution in [0.2, 0.25) is 0 Å². The van der Waals surface area contributed by atoms with Gasteiger partial charge >= 0.3 is 0 Å². The fraction of sp³-hybridized carbons (Fsp3) is 0.571. The summed E-state index contributed by atoms with van der Waals surface area (Å²) in [6.45, 7) is 8.97. The van der Waals surface area contributed by atoms with Gasteiger partial charge in [-0.1, -0.05) is 20.8 Å². The van der Waals surface area contributed by atoms with Crippen LogP contribution in [0, 0.1) is 12.3 Å². The van der Waals surface area contributed by atoms with Crippen molar-refractivity contribution in [2.24, 2.45) is 5.41 Å². The lowest BCUT2D eigenvalue weighted by Gasteiger charge is -2.23. The highest BCUT2D eigenvalue weighted by Crippen LogP contribution is 2.19. The van der Waals surface area contributed by atoms with E-state index in [2.05, 4.69) is 36.4 Å². The Kier molecular flexibility index (Phi) is 4.70. The molecule has 0 radical (unpaired) electrons. The van der Waals surface area contributed by atoms with E-state index in [0.717, 1.165) is 17.8 Å². The fourth-order valence-corrected chi connectivity index (χ4v) is 1.49. The summed E-state index contributed by atoms with van der Waals surface area (Å²) in [5.74, 6) is -0.0756. The SMILES string of the molecule is CCC(C)(C)CNC(=O)c1cnc(C)cc1NC. The molecule has 0 aromatic carbocycles. The molecule has 18 heavy (non-hydrogen) atoms. The molecular weight excluding hydrogens is 226 g/mol. The molecule has 2 N–H and O–H groups in total. The van der Waals surface area contributed by atoms with Gasteiger partial charge in [-0.2, -0.15) is 0 Å². The molecule has 0 spiro atoms. The Balaban J connectivity index is 2.79. The van der Waals surface area contributed by atoms with Crippen molar-refractivity contribution in [2.75, 3.05) is 18.9 Å². The summed E-state index contributed by atoms with van der Waals surface area (Å²) >= 11 is 0. The van der Waals surface area contributed by atoms with Gasteiger partial charge < -0.3 is 10.6 Å². The molecule has 0 aliphatic carbocycles. The minimum Gasteiger partial charge on any atom is -0.387 e. The van der Waals surface area contributed by atoms with Crippen molar-refractivity contribution in [1.82, 2.24) is 10.3 Å². The van der Waals surface area contributed by atoms with E-state index in [1.165, 1.54) is 0 Å². The van der Waals surface area contributed by atoms with E-state index in [1.54, 1.807) is 6.20 Å². The second-order valence-electron chi connectivity index (χ2n) is 5.32. The second-order valence-corrected chi connectivity index (χ2v) is 5.32. The quantitative estimate of drug-likeness (QED) is 0.843. The minimum atomic E-state index is -0.0756. The topological polar surface area (TPSA) is 54.0 Å². The van der Waals surface area contributed by atoms with Crippen LogP contribution in [0.15, 0.2) is 12.3 Å². The van der Waals surface area contributed by atoms with E-state index in [9.17, 15) is 4.79 Å². The maximum atomic E-state index is 12.1. The van der Waals surface area contributed by atoms with Crippen LogP contribution in [-0.2, 0) is 0 Å². The first-order valence-corrected chi connectivity index (χ1v) is 6.32. The molecule has 1 heterocycles. The molecule has 1 aromatic rings. The number of amides is 1. The maximum absolute atomic E-state index is 12.1. The smallest absolute Gasteiger partial charge is 0.254 e. The van der Waals surface area contributed by atoms with E-state index in [4.69, 9.17) is 0 Å². The first kappa shape index (κ1) is 14.5. The predicted octanol–water partition coefficient (Wildman–Crippen LogP) is 2.60. The molecule has 4 heteroatoms. The first-order valence-electron chi connectivity index (χ1n) is 6.32. The molecule has 1 rings (SSSR count). The zero-order chi connectivity index (χ0) is 13.8. The summed E-state index contributed by atoms with van der Waals surface area (Å²) in [6, 6.07) is 1.87. The monoisotopic (exact) mass is 249 g/mol.